The molecule has 0 radical (unpaired) electrons. The fourth-order valence-corrected chi connectivity index (χ4v) is 3.09. The molecule has 0 bridgehead atoms. The van der Waals surface area contributed by atoms with Crippen LogP contribution >= 0.6 is 38.9 Å². The third-order valence-corrected chi connectivity index (χ3v) is 3.98. The molecular weight excluding hydrogens is 272 g/mol. The largest absolute Gasteiger partial charge is 0.494 e. The second-order valence-corrected chi connectivity index (χ2v) is 4.71. The van der Waals surface area contributed by atoms with Gasteiger partial charge in [0.25, 0.3) is 0 Å². The van der Waals surface area contributed by atoms with Crippen molar-refractivity contribution in [3.05, 3.63) is 27.0 Å². The number of rotatable bonds is 1. The smallest absolute Gasteiger partial charge is 0.147 e. The van der Waals surface area contributed by atoms with E-state index in [1.54, 1.807) is 18.4 Å². The summed E-state index contributed by atoms with van der Waals surface area (Å²) in [4.78, 5) is 0. The predicted molar refractivity (Wildman–Crippen MR) is 61.1 cm³/mol. The highest BCUT2D eigenvalue weighted by Gasteiger charge is 2.10. The Bertz CT molecular complexity index is 452. The van der Waals surface area contributed by atoms with E-state index in [-0.39, 0.29) is 0 Å². The van der Waals surface area contributed by atoms with Crippen LogP contribution in [0, 0.1) is 0 Å². The molecule has 1 nitrogen and oxygen atoms in total. The van der Waals surface area contributed by atoms with Crippen LogP contribution in [-0.2, 0) is 0 Å². The van der Waals surface area contributed by atoms with Crippen LogP contribution in [0.25, 0.3) is 10.1 Å². The predicted octanol–water partition coefficient (Wildman–Crippen LogP) is 4.33. The van der Waals surface area contributed by atoms with Gasteiger partial charge < -0.3 is 4.74 Å². The first-order valence-electron chi connectivity index (χ1n) is 3.63. The van der Waals surface area contributed by atoms with E-state index in [1.807, 2.05) is 17.5 Å². The van der Waals surface area contributed by atoms with Gasteiger partial charge in [0.1, 0.15) is 5.75 Å². The van der Waals surface area contributed by atoms with Crippen LogP contribution in [0.4, 0.5) is 0 Å². The van der Waals surface area contributed by atoms with Crippen molar-refractivity contribution in [1.82, 2.24) is 0 Å². The summed E-state index contributed by atoms with van der Waals surface area (Å²) in [5.41, 5.74) is 0. The number of fused-ring (bicyclic) bond motifs is 1. The molecule has 13 heavy (non-hydrogen) atoms. The molecule has 68 valence electrons. The van der Waals surface area contributed by atoms with Gasteiger partial charge >= 0.3 is 0 Å². The molecule has 0 spiro atoms. The molecular formula is C9H6BrClOS. The first-order valence-corrected chi connectivity index (χ1v) is 5.68. The van der Waals surface area contributed by atoms with E-state index in [9.17, 15) is 0 Å². The quantitative estimate of drug-likeness (QED) is 0.754. The normalized spacial score (nSPS) is 10.7. The summed E-state index contributed by atoms with van der Waals surface area (Å²) in [5, 5.41) is 3.73. The molecule has 0 saturated heterocycles. The Labute approximate surface area is 93.4 Å². The average molecular weight is 278 g/mol. The first-order chi connectivity index (χ1) is 6.24. The Morgan fingerprint density at radius 3 is 2.92 bits per heavy atom. The molecule has 0 aliphatic carbocycles. The Kier molecular flexibility index (Phi) is 2.49. The van der Waals surface area contributed by atoms with Gasteiger partial charge in [0, 0.05) is 14.6 Å². The monoisotopic (exact) mass is 276 g/mol. The third-order valence-electron chi connectivity index (χ3n) is 1.80. The van der Waals surface area contributed by atoms with Crippen LogP contribution in [0.1, 0.15) is 0 Å². The maximum atomic E-state index is 5.99. The molecule has 0 N–H and O–H groups in total. The summed E-state index contributed by atoms with van der Waals surface area (Å²) in [6, 6.07) is 3.85. The van der Waals surface area contributed by atoms with Gasteiger partial charge in [-0.05, 0) is 28.1 Å². The molecule has 1 heterocycles. The molecule has 0 unspecified atom stereocenters. The van der Waals surface area contributed by atoms with E-state index in [4.69, 9.17) is 16.3 Å². The Balaban J connectivity index is 2.88. The van der Waals surface area contributed by atoms with Crippen molar-refractivity contribution in [2.75, 3.05) is 7.11 Å². The molecule has 2 rings (SSSR count). The van der Waals surface area contributed by atoms with Gasteiger partial charge in [-0.1, -0.05) is 11.6 Å². The summed E-state index contributed by atoms with van der Waals surface area (Å²) >= 11 is 11.1. The highest BCUT2D eigenvalue weighted by molar-refractivity contribution is 9.10. The van der Waals surface area contributed by atoms with Crippen LogP contribution in [-0.4, -0.2) is 7.11 Å². The number of thiophene rings is 1. The third kappa shape index (κ3) is 1.45. The molecule has 1 aromatic heterocycles. The van der Waals surface area contributed by atoms with E-state index >= 15 is 0 Å². The zero-order valence-corrected chi connectivity index (χ0v) is 9.96. The van der Waals surface area contributed by atoms with Crippen molar-refractivity contribution in [2.24, 2.45) is 0 Å². The van der Waals surface area contributed by atoms with E-state index in [0.717, 1.165) is 15.6 Å². The zero-order chi connectivity index (χ0) is 9.42. The maximum Gasteiger partial charge on any atom is 0.147 e. The minimum Gasteiger partial charge on any atom is -0.494 e. The van der Waals surface area contributed by atoms with Crippen LogP contribution in [0.15, 0.2) is 22.0 Å². The van der Waals surface area contributed by atoms with Crippen molar-refractivity contribution in [1.29, 1.82) is 0 Å². The second-order valence-electron chi connectivity index (χ2n) is 2.54. The summed E-state index contributed by atoms with van der Waals surface area (Å²) < 4.78 is 7.45. The van der Waals surface area contributed by atoms with Crippen molar-refractivity contribution >= 4 is 49.0 Å². The number of methoxy groups -OCH3 is 1. The molecule has 0 amide bonds. The van der Waals surface area contributed by atoms with E-state index in [1.165, 1.54) is 4.70 Å². The number of hydrogen-bond donors (Lipinski definition) is 0. The minimum atomic E-state index is 0.647. The van der Waals surface area contributed by atoms with Gasteiger partial charge in [-0.15, -0.1) is 11.3 Å². The van der Waals surface area contributed by atoms with Crippen LogP contribution in [0.5, 0.6) is 5.75 Å². The van der Waals surface area contributed by atoms with E-state index in [0.29, 0.717) is 5.02 Å². The lowest BCUT2D eigenvalue weighted by atomic mass is 10.2. The second kappa shape index (κ2) is 3.48. The summed E-state index contributed by atoms with van der Waals surface area (Å²) in [5.74, 6) is 0.743. The van der Waals surface area contributed by atoms with Crippen molar-refractivity contribution < 1.29 is 4.74 Å². The minimum absolute atomic E-state index is 0.647. The number of hydrogen-bond acceptors (Lipinski definition) is 2. The standard InChI is InChI=1S/C9H6BrClOS/c1-12-9-6(11)2-3-7-8(9)5(10)4-13-7/h2-4H,1H3. The fourth-order valence-electron chi connectivity index (χ4n) is 1.24. The van der Waals surface area contributed by atoms with E-state index < -0.39 is 0 Å². The number of ether oxygens (including phenoxy) is 1. The molecule has 0 saturated carbocycles. The van der Waals surface area contributed by atoms with E-state index in [2.05, 4.69) is 15.9 Å². The lowest BCUT2D eigenvalue weighted by molar-refractivity contribution is 0.420. The maximum absolute atomic E-state index is 5.99. The SMILES string of the molecule is COc1c(Cl)ccc2scc(Br)c12. The zero-order valence-electron chi connectivity index (χ0n) is 6.80. The Morgan fingerprint density at radius 2 is 2.23 bits per heavy atom. The first kappa shape index (κ1) is 9.31. The van der Waals surface area contributed by atoms with Gasteiger partial charge in [-0.25, -0.2) is 0 Å². The van der Waals surface area contributed by atoms with Crippen molar-refractivity contribution in [2.45, 2.75) is 0 Å². The lowest BCUT2D eigenvalue weighted by Crippen LogP contribution is -1.84. The molecule has 0 atom stereocenters. The highest BCUT2D eigenvalue weighted by Crippen LogP contribution is 2.40. The highest BCUT2D eigenvalue weighted by atomic mass is 79.9. The van der Waals surface area contributed by atoms with Gasteiger partial charge in [0.2, 0.25) is 0 Å². The lowest BCUT2D eigenvalue weighted by Gasteiger charge is -2.04. The van der Waals surface area contributed by atoms with Crippen molar-refractivity contribution in [3.63, 3.8) is 0 Å². The Morgan fingerprint density at radius 1 is 1.46 bits per heavy atom. The average Bonchev–Trinajstić information content (AvgIpc) is 2.49. The Hall–Kier alpha value is -0.250. The van der Waals surface area contributed by atoms with Gasteiger partial charge in [-0.2, -0.15) is 0 Å². The van der Waals surface area contributed by atoms with Crippen molar-refractivity contribution in [3.8, 4) is 5.75 Å². The van der Waals surface area contributed by atoms with Gasteiger partial charge in [0.15, 0.2) is 0 Å². The fraction of sp³-hybridized carbons (Fsp3) is 0.111. The molecule has 2 aromatic rings. The molecule has 0 aliphatic heterocycles. The van der Waals surface area contributed by atoms with Crippen LogP contribution < -0.4 is 4.74 Å². The topological polar surface area (TPSA) is 9.23 Å². The molecule has 0 fully saturated rings. The van der Waals surface area contributed by atoms with Gasteiger partial charge in [-0.3, -0.25) is 0 Å². The number of halogens is 2. The molecule has 1 aromatic carbocycles. The van der Waals surface area contributed by atoms with Gasteiger partial charge in [0.05, 0.1) is 17.5 Å². The molecule has 4 heteroatoms. The number of benzene rings is 1. The molecule has 0 aliphatic rings. The van der Waals surface area contributed by atoms with Crippen LogP contribution in [0.3, 0.4) is 0 Å². The summed E-state index contributed by atoms with van der Waals surface area (Å²) in [6.07, 6.45) is 0. The summed E-state index contributed by atoms with van der Waals surface area (Å²) in [7, 11) is 1.63. The van der Waals surface area contributed by atoms with Crippen LogP contribution in [0.2, 0.25) is 5.02 Å². The summed E-state index contributed by atoms with van der Waals surface area (Å²) in [6.45, 7) is 0.